The van der Waals surface area contributed by atoms with Gasteiger partial charge in [-0.05, 0) is 36.6 Å². The number of aromatic nitrogens is 2. The van der Waals surface area contributed by atoms with Crippen molar-refractivity contribution in [3.05, 3.63) is 53.5 Å². The first-order valence-electron chi connectivity index (χ1n) is 8.02. The van der Waals surface area contributed by atoms with E-state index in [1.807, 2.05) is 31.2 Å². The van der Waals surface area contributed by atoms with Crippen molar-refractivity contribution in [1.82, 2.24) is 9.97 Å². The van der Waals surface area contributed by atoms with E-state index in [0.717, 1.165) is 16.0 Å². The fourth-order valence-electron chi connectivity index (χ4n) is 2.03. The first-order chi connectivity index (χ1) is 13.0. The maximum absolute atomic E-state index is 12.2. The van der Waals surface area contributed by atoms with Gasteiger partial charge in [0.25, 0.3) is 6.43 Å². The van der Waals surface area contributed by atoms with Gasteiger partial charge in [-0.15, -0.1) is 0 Å². The molecule has 10 heteroatoms. The van der Waals surface area contributed by atoms with Crippen molar-refractivity contribution >= 4 is 29.9 Å². The number of halogens is 2. The van der Waals surface area contributed by atoms with Crippen molar-refractivity contribution < 1.29 is 8.78 Å². The van der Waals surface area contributed by atoms with Crippen LogP contribution < -0.4 is 21.5 Å². The standard InChI is InChI=1S/C17H21F2N7S/c1-11-7-24-17(25-13(6-20)9-22-10-15(18)19)26-16(11)23-8-12-2-4-14(27-21)5-3-12/h2-7,9,15H,8,10,20-21H2,1H3,(H2,23,24,25,26). The Morgan fingerprint density at radius 3 is 2.70 bits per heavy atom. The summed E-state index contributed by atoms with van der Waals surface area (Å²) in [4.78, 5) is 13.1. The predicted molar refractivity (Wildman–Crippen MR) is 106 cm³/mol. The molecule has 0 atom stereocenters. The number of alkyl halides is 2. The van der Waals surface area contributed by atoms with E-state index in [1.165, 1.54) is 24.4 Å². The second-order valence-electron chi connectivity index (χ2n) is 5.47. The summed E-state index contributed by atoms with van der Waals surface area (Å²) in [6.07, 6.45) is 1.57. The number of aryl methyl sites for hydroxylation is 1. The Bertz CT molecular complexity index is 794. The number of nitrogens with two attached hydrogens (primary N) is 2. The summed E-state index contributed by atoms with van der Waals surface area (Å²) in [5, 5.41) is 11.6. The largest absolute Gasteiger partial charge is 0.403 e. The third kappa shape index (κ3) is 6.83. The van der Waals surface area contributed by atoms with E-state index in [0.29, 0.717) is 18.1 Å². The topological polar surface area (TPSA) is 114 Å². The molecule has 0 aliphatic carbocycles. The summed E-state index contributed by atoms with van der Waals surface area (Å²) in [5.74, 6) is 0.920. The molecule has 144 valence electrons. The summed E-state index contributed by atoms with van der Waals surface area (Å²) in [6.45, 7) is 1.86. The molecule has 0 saturated heterocycles. The number of hydrogen-bond acceptors (Lipinski definition) is 8. The molecule has 0 unspecified atom stereocenters. The smallest absolute Gasteiger partial charge is 0.257 e. The highest BCUT2D eigenvalue weighted by molar-refractivity contribution is 7.97. The second kappa shape index (κ2) is 10.4. The molecule has 2 aromatic rings. The molecule has 0 radical (unpaired) electrons. The summed E-state index contributed by atoms with van der Waals surface area (Å²) in [5.41, 5.74) is 7.73. The highest BCUT2D eigenvalue weighted by Gasteiger charge is 2.06. The Morgan fingerprint density at radius 2 is 2.07 bits per heavy atom. The van der Waals surface area contributed by atoms with Crippen LogP contribution in [0.25, 0.3) is 0 Å². The number of anilines is 2. The first kappa shape index (κ1) is 20.6. The lowest BCUT2D eigenvalue weighted by atomic mass is 10.2. The van der Waals surface area contributed by atoms with Gasteiger partial charge in [0.15, 0.2) is 0 Å². The molecule has 0 bridgehead atoms. The molecule has 1 aromatic heterocycles. The van der Waals surface area contributed by atoms with E-state index < -0.39 is 13.0 Å². The van der Waals surface area contributed by atoms with Gasteiger partial charge in [-0.2, -0.15) is 4.98 Å². The maximum atomic E-state index is 12.2. The molecule has 0 aliphatic heterocycles. The molecule has 0 fully saturated rings. The molecular weight excluding hydrogens is 372 g/mol. The Kier molecular flexibility index (Phi) is 7.96. The van der Waals surface area contributed by atoms with Gasteiger partial charge in [-0.25, -0.2) is 13.8 Å². The minimum atomic E-state index is -2.51. The number of nitrogens with one attached hydrogen (secondary N) is 2. The van der Waals surface area contributed by atoms with Gasteiger partial charge in [0.05, 0.1) is 12.2 Å². The third-order valence-corrected chi connectivity index (χ3v) is 3.94. The highest BCUT2D eigenvalue weighted by atomic mass is 32.2. The zero-order valence-corrected chi connectivity index (χ0v) is 15.5. The first-order valence-corrected chi connectivity index (χ1v) is 8.90. The van der Waals surface area contributed by atoms with Crippen LogP contribution in [0.4, 0.5) is 20.5 Å². The molecule has 0 spiro atoms. The van der Waals surface area contributed by atoms with Gasteiger partial charge in [0.1, 0.15) is 5.82 Å². The molecular formula is C17H21F2N7S. The lowest BCUT2D eigenvalue weighted by molar-refractivity contribution is 0.159. The molecule has 27 heavy (non-hydrogen) atoms. The fourth-order valence-corrected chi connectivity index (χ4v) is 2.32. The quantitative estimate of drug-likeness (QED) is 0.382. The third-order valence-electron chi connectivity index (χ3n) is 3.40. The van der Waals surface area contributed by atoms with Crippen LogP contribution in [0.1, 0.15) is 11.1 Å². The zero-order valence-electron chi connectivity index (χ0n) is 14.7. The number of allylic oxidation sites excluding steroid dienone is 1. The minimum Gasteiger partial charge on any atom is -0.403 e. The Balaban J connectivity index is 2.02. The van der Waals surface area contributed by atoms with Gasteiger partial charge in [0, 0.05) is 35.6 Å². The summed E-state index contributed by atoms with van der Waals surface area (Å²) < 4.78 is 24.3. The molecule has 6 N–H and O–H groups in total. The lowest BCUT2D eigenvalue weighted by Crippen LogP contribution is -2.10. The number of aliphatic imine (C=N–C) groups is 1. The van der Waals surface area contributed by atoms with Crippen molar-refractivity contribution in [3.8, 4) is 0 Å². The van der Waals surface area contributed by atoms with Crippen LogP contribution in [0.2, 0.25) is 0 Å². The van der Waals surface area contributed by atoms with Gasteiger partial charge in [0.2, 0.25) is 5.95 Å². The van der Waals surface area contributed by atoms with Crippen LogP contribution in [0.15, 0.2) is 52.2 Å². The van der Waals surface area contributed by atoms with Gasteiger partial charge in [-0.1, -0.05) is 12.1 Å². The fraction of sp³-hybridized carbons (Fsp3) is 0.235. The van der Waals surface area contributed by atoms with E-state index in [1.54, 1.807) is 6.20 Å². The Labute approximate surface area is 160 Å². The molecule has 0 amide bonds. The van der Waals surface area contributed by atoms with Crippen LogP contribution in [-0.2, 0) is 6.54 Å². The molecule has 2 rings (SSSR count). The second-order valence-corrected chi connectivity index (χ2v) is 6.18. The number of hydrogen-bond donors (Lipinski definition) is 4. The van der Waals surface area contributed by atoms with Crippen molar-refractivity contribution in [3.63, 3.8) is 0 Å². The van der Waals surface area contributed by atoms with Gasteiger partial charge < -0.3 is 16.4 Å². The molecule has 1 heterocycles. The minimum absolute atomic E-state index is 0.276. The Hall–Kier alpha value is -2.72. The Morgan fingerprint density at radius 1 is 1.33 bits per heavy atom. The average molecular weight is 393 g/mol. The van der Waals surface area contributed by atoms with E-state index in [2.05, 4.69) is 25.6 Å². The van der Waals surface area contributed by atoms with Crippen LogP contribution in [0, 0.1) is 6.92 Å². The molecule has 0 saturated carbocycles. The van der Waals surface area contributed by atoms with E-state index >= 15 is 0 Å². The molecule has 7 nitrogen and oxygen atoms in total. The SMILES string of the molecule is Cc1cnc(NC(C=NCC(F)F)=CN)nc1NCc1ccc(SN)cc1. The van der Waals surface area contributed by atoms with Crippen LogP contribution in [-0.4, -0.2) is 29.2 Å². The number of benzene rings is 1. The summed E-state index contributed by atoms with van der Waals surface area (Å²) in [6, 6.07) is 7.84. The van der Waals surface area contributed by atoms with Gasteiger partial charge >= 0.3 is 0 Å². The lowest BCUT2D eigenvalue weighted by Gasteiger charge is -2.11. The van der Waals surface area contributed by atoms with E-state index in [9.17, 15) is 8.78 Å². The van der Waals surface area contributed by atoms with Crippen molar-refractivity contribution in [2.75, 3.05) is 17.2 Å². The van der Waals surface area contributed by atoms with Crippen molar-refractivity contribution in [1.29, 1.82) is 0 Å². The number of nitrogens with zero attached hydrogens (tertiary/aromatic N) is 3. The van der Waals surface area contributed by atoms with Crippen LogP contribution in [0.3, 0.4) is 0 Å². The van der Waals surface area contributed by atoms with E-state index in [4.69, 9.17) is 10.9 Å². The molecule has 0 aliphatic rings. The molecule has 1 aromatic carbocycles. The predicted octanol–water partition coefficient (Wildman–Crippen LogP) is 2.91. The highest BCUT2D eigenvalue weighted by Crippen LogP contribution is 2.16. The van der Waals surface area contributed by atoms with Crippen LogP contribution >= 0.6 is 11.9 Å². The zero-order chi connectivity index (χ0) is 19.6. The van der Waals surface area contributed by atoms with Crippen molar-refractivity contribution in [2.45, 2.75) is 24.8 Å². The normalized spacial score (nSPS) is 12.0. The summed E-state index contributed by atoms with van der Waals surface area (Å²) in [7, 11) is 0. The van der Waals surface area contributed by atoms with Crippen LogP contribution in [0.5, 0.6) is 0 Å². The van der Waals surface area contributed by atoms with Crippen molar-refractivity contribution in [2.24, 2.45) is 15.9 Å². The maximum Gasteiger partial charge on any atom is 0.257 e. The monoisotopic (exact) mass is 393 g/mol. The average Bonchev–Trinajstić information content (AvgIpc) is 2.67. The van der Waals surface area contributed by atoms with Gasteiger partial charge in [-0.3, -0.25) is 10.1 Å². The summed E-state index contributed by atoms with van der Waals surface area (Å²) >= 11 is 1.19. The van der Waals surface area contributed by atoms with E-state index in [-0.39, 0.29) is 5.95 Å². The number of rotatable bonds is 9.